The Kier molecular flexibility index (Phi) is 5.39. The number of methoxy groups -OCH3 is 1. The number of aromatic nitrogens is 4. The van der Waals surface area contributed by atoms with E-state index in [4.69, 9.17) is 9.47 Å². The van der Waals surface area contributed by atoms with Gasteiger partial charge in [0.15, 0.2) is 11.9 Å². The monoisotopic (exact) mass is 409 g/mol. The van der Waals surface area contributed by atoms with Gasteiger partial charge in [-0.3, -0.25) is 10.1 Å². The maximum Gasteiger partial charge on any atom is 0.267 e. The first-order chi connectivity index (χ1) is 14.2. The van der Waals surface area contributed by atoms with Crippen molar-refractivity contribution in [1.82, 2.24) is 19.8 Å². The molecule has 0 spiro atoms. The van der Waals surface area contributed by atoms with Gasteiger partial charge in [0, 0.05) is 5.56 Å². The first-order valence-electron chi connectivity index (χ1n) is 9.07. The lowest BCUT2D eigenvalue weighted by molar-refractivity contribution is -0.122. The molecule has 1 unspecified atom stereocenters. The highest BCUT2D eigenvalue weighted by Crippen LogP contribution is 2.26. The predicted octanol–water partition coefficient (Wildman–Crippen LogP) is 3.66. The molecular weight excluding hydrogens is 390 g/mol. The fourth-order valence-corrected chi connectivity index (χ4v) is 3.50. The zero-order valence-corrected chi connectivity index (χ0v) is 16.7. The molecule has 1 amide bonds. The molecule has 9 heteroatoms. The molecule has 1 atom stereocenters. The van der Waals surface area contributed by atoms with E-state index >= 15 is 0 Å². The van der Waals surface area contributed by atoms with Gasteiger partial charge in [0.1, 0.15) is 11.5 Å². The number of carbonyl (C=O) groups is 1. The average molecular weight is 409 g/mol. The summed E-state index contributed by atoms with van der Waals surface area (Å²) in [7, 11) is 1.62. The number of amides is 1. The van der Waals surface area contributed by atoms with Crippen LogP contribution in [0, 0.1) is 0 Å². The molecule has 0 saturated heterocycles. The van der Waals surface area contributed by atoms with Crippen LogP contribution < -0.4 is 14.8 Å². The van der Waals surface area contributed by atoms with E-state index in [1.54, 1.807) is 11.6 Å². The number of para-hydroxylation sites is 1. The van der Waals surface area contributed by atoms with Crippen LogP contribution in [-0.4, -0.2) is 38.9 Å². The zero-order chi connectivity index (χ0) is 20.2. The Bertz CT molecular complexity index is 1110. The first-order valence-corrected chi connectivity index (χ1v) is 9.89. The molecule has 2 heterocycles. The predicted molar refractivity (Wildman–Crippen MR) is 110 cm³/mol. The van der Waals surface area contributed by atoms with Crippen LogP contribution in [0.15, 0.2) is 54.6 Å². The summed E-state index contributed by atoms with van der Waals surface area (Å²) in [5.74, 6) is 1.73. The number of nitrogens with one attached hydrogen (secondary N) is 1. The lowest BCUT2D eigenvalue weighted by Gasteiger charge is -2.16. The van der Waals surface area contributed by atoms with Gasteiger partial charge in [0.25, 0.3) is 5.91 Å². The number of ether oxygens (including phenoxy) is 2. The van der Waals surface area contributed by atoms with Gasteiger partial charge >= 0.3 is 0 Å². The second-order valence-electron chi connectivity index (χ2n) is 6.17. The molecule has 0 aliphatic heterocycles. The van der Waals surface area contributed by atoms with Crippen LogP contribution in [0.1, 0.15) is 13.3 Å². The molecule has 1 N–H and O–H groups in total. The average Bonchev–Trinajstić information content (AvgIpc) is 3.33. The van der Waals surface area contributed by atoms with Gasteiger partial charge in [0.2, 0.25) is 10.1 Å². The van der Waals surface area contributed by atoms with Crippen LogP contribution in [0.4, 0.5) is 5.13 Å². The van der Waals surface area contributed by atoms with Crippen molar-refractivity contribution >= 4 is 27.3 Å². The molecule has 148 valence electrons. The Morgan fingerprint density at radius 3 is 2.55 bits per heavy atom. The lowest BCUT2D eigenvalue weighted by atomic mass is 10.2. The maximum atomic E-state index is 12.6. The van der Waals surface area contributed by atoms with Crippen molar-refractivity contribution in [3.63, 3.8) is 0 Å². The Hall–Kier alpha value is -3.46. The third-order valence-corrected chi connectivity index (χ3v) is 5.07. The normalized spacial score (nSPS) is 11.9. The maximum absolute atomic E-state index is 12.6. The quantitative estimate of drug-likeness (QED) is 0.501. The summed E-state index contributed by atoms with van der Waals surface area (Å²) in [6.07, 6.45) is -0.0881. The number of nitrogens with zero attached hydrogens (tertiary/aromatic N) is 4. The molecule has 0 aliphatic rings. The van der Waals surface area contributed by atoms with Gasteiger partial charge < -0.3 is 9.47 Å². The van der Waals surface area contributed by atoms with E-state index in [9.17, 15) is 4.79 Å². The summed E-state index contributed by atoms with van der Waals surface area (Å²) >= 11 is 1.25. The minimum Gasteiger partial charge on any atom is -0.497 e. The molecule has 0 aliphatic carbocycles. The van der Waals surface area contributed by atoms with Crippen molar-refractivity contribution in [3.8, 4) is 22.9 Å². The smallest absolute Gasteiger partial charge is 0.267 e. The number of rotatable bonds is 7. The molecule has 4 aromatic rings. The fourth-order valence-electron chi connectivity index (χ4n) is 2.76. The third-order valence-electron chi connectivity index (χ3n) is 4.25. The van der Waals surface area contributed by atoms with Crippen LogP contribution in [0.2, 0.25) is 0 Å². The van der Waals surface area contributed by atoms with Crippen LogP contribution in [0.3, 0.4) is 0 Å². The molecule has 0 radical (unpaired) electrons. The molecular formula is C20H19N5O3S. The minimum absolute atomic E-state index is 0.257. The van der Waals surface area contributed by atoms with Crippen molar-refractivity contribution in [2.24, 2.45) is 0 Å². The summed E-state index contributed by atoms with van der Waals surface area (Å²) in [5, 5.41) is 16.0. The summed E-state index contributed by atoms with van der Waals surface area (Å²) in [5.41, 5.74) is 0.848. The van der Waals surface area contributed by atoms with Gasteiger partial charge in [-0.2, -0.15) is 4.52 Å². The van der Waals surface area contributed by atoms with Gasteiger partial charge in [-0.05, 0) is 42.8 Å². The van der Waals surface area contributed by atoms with Crippen molar-refractivity contribution in [3.05, 3.63) is 54.6 Å². The minimum atomic E-state index is -0.618. The Labute approximate surface area is 171 Å². The van der Waals surface area contributed by atoms with Crippen LogP contribution in [0.25, 0.3) is 16.3 Å². The van der Waals surface area contributed by atoms with E-state index in [1.807, 2.05) is 61.5 Å². The highest BCUT2D eigenvalue weighted by Gasteiger charge is 2.21. The molecule has 0 saturated carbocycles. The molecule has 0 fully saturated rings. The van der Waals surface area contributed by atoms with Crippen molar-refractivity contribution in [2.45, 2.75) is 19.4 Å². The molecule has 4 rings (SSSR count). The van der Waals surface area contributed by atoms with E-state index in [-0.39, 0.29) is 5.91 Å². The Morgan fingerprint density at radius 1 is 1.10 bits per heavy atom. The molecule has 8 nitrogen and oxygen atoms in total. The summed E-state index contributed by atoms with van der Waals surface area (Å²) in [4.78, 5) is 13.2. The summed E-state index contributed by atoms with van der Waals surface area (Å²) < 4.78 is 12.6. The third kappa shape index (κ3) is 4.04. The number of benzene rings is 2. The van der Waals surface area contributed by atoms with E-state index in [0.717, 1.165) is 11.3 Å². The second kappa shape index (κ2) is 8.27. The zero-order valence-electron chi connectivity index (χ0n) is 15.9. The SMILES string of the molecule is CCC(Oc1ccccc1)C(=O)Nc1nn2c(-c3ccc(OC)cc3)nnc2s1. The molecule has 2 aromatic heterocycles. The van der Waals surface area contributed by atoms with Gasteiger partial charge in [-0.15, -0.1) is 15.3 Å². The number of anilines is 1. The van der Waals surface area contributed by atoms with Crippen molar-refractivity contribution in [2.75, 3.05) is 12.4 Å². The van der Waals surface area contributed by atoms with Crippen LogP contribution in [-0.2, 0) is 4.79 Å². The van der Waals surface area contributed by atoms with Crippen molar-refractivity contribution < 1.29 is 14.3 Å². The number of hydrogen-bond donors (Lipinski definition) is 1. The standard InChI is InChI=1S/C20H19N5O3S/c1-3-16(28-15-7-5-4-6-8-15)18(26)21-19-24-25-17(22-23-20(25)29-19)13-9-11-14(27-2)12-10-13/h4-12,16H,3H2,1-2H3,(H,21,24,26). The summed E-state index contributed by atoms with van der Waals surface area (Å²) in [6.45, 7) is 1.90. The number of fused-ring (bicyclic) bond motifs is 1. The topological polar surface area (TPSA) is 90.6 Å². The van der Waals surface area contributed by atoms with Gasteiger partial charge in [0.05, 0.1) is 7.11 Å². The van der Waals surface area contributed by atoms with E-state index < -0.39 is 6.10 Å². The van der Waals surface area contributed by atoms with Crippen molar-refractivity contribution in [1.29, 1.82) is 0 Å². The highest BCUT2D eigenvalue weighted by atomic mass is 32.1. The summed E-state index contributed by atoms with van der Waals surface area (Å²) in [6, 6.07) is 16.7. The number of carbonyl (C=O) groups excluding carboxylic acids is 1. The van der Waals surface area contributed by atoms with Crippen LogP contribution >= 0.6 is 11.3 Å². The fraction of sp³-hybridized carbons (Fsp3) is 0.200. The number of hydrogen-bond acceptors (Lipinski definition) is 7. The molecule has 29 heavy (non-hydrogen) atoms. The van der Waals surface area contributed by atoms with E-state index in [0.29, 0.717) is 28.1 Å². The van der Waals surface area contributed by atoms with Gasteiger partial charge in [-0.1, -0.05) is 36.5 Å². The van der Waals surface area contributed by atoms with Gasteiger partial charge in [-0.25, -0.2) is 0 Å². The largest absolute Gasteiger partial charge is 0.497 e. The van der Waals surface area contributed by atoms with E-state index in [1.165, 1.54) is 11.3 Å². The Morgan fingerprint density at radius 2 is 1.86 bits per heavy atom. The molecule has 0 bridgehead atoms. The van der Waals surface area contributed by atoms with E-state index in [2.05, 4.69) is 20.6 Å². The molecule has 2 aromatic carbocycles. The Balaban J connectivity index is 1.52. The second-order valence-corrected chi connectivity index (χ2v) is 7.13. The van der Waals surface area contributed by atoms with Crippen LogP contribution in [0.5, 0.6) is 11.5 Å². The lowest BCUT2D eigenvalue weighted by Crippen LogP contribution is -2.32. The first kappa shape index (κ1) is 18.9. The highest BCUT2D eigenvalue weighted by molar-refractivity contribution is 7.20.